The summed E-state index contributed by atoms with van der Waals surface area (Å²) in [5, 5.41) is 4.95. The van der Waals surface area contributed by atoms with Crippen LogP contribution >= 0.6 is 0 Å². The fourth-order valence-corrected chi connectivity index (χ4v) is 8.79. The lowest BCUT2D eigenvalue weighted by Crippen LogP contribution is -2.17. The van der Waals surface area contributed by atoms with E-state index < -0.39 is 0 Å². The maximum absolute atomic E-state index is 2.51. The van der Waals surface area contributed by atoms with Gasteiger partial charge in [0.05, 0.1) is 5.69 Å². The summed E-state index contributed by atoms with van der Waals surface area (Å²) in [6, 6.07) is 73.4. The summed E-state index contributed by atoms with van der Waals surface area (Å²) in [7, 11) is 0. The minimum Gasteiger partial charge on any atom is -0.309 e. The first-order chi connectivity index (χ1) is 26.6. The van der Waals surface area contributed by atoms with Crippen LogP contribution in [-0.4, -0.2) is 0 Å². The molecular weight excluding hydrogens is 651 g/mol. The van der Waals surface area contributed by atoms with Gasteiger partial charge in [-0.3, -0.25) is 0 Å². The molecule has 9 aromatic carbocycles. The van der Waals surface area contributed by atoms with Crippen LogP contribution in [0.2, 0.25) is 0 Å². The fourth-order valence-electron chi connectivity index (χ4n) is 8.79. The Kier molecular flexibility index (Phi) is 7.56. The van der Waals surface area contributed by atoms with E-state index in [1.807, 2.05) is 0 Å². The lowest BCUT2D eigenvalue weighted by molar-refractivity contribution is 0.660. The van der Waals surface area contributed by atoms with Crippen molar-refractivity contribution in [1.29, 1.82) is 0 Å². The van der Waals surface area contributed by atoms with Gasteiger partial charge < -0.3 is 4.90 Å². The maximum atomic E-state index is 2.51. The van der Waals surface area contributed by atoms with Crippen LogP contribution in [0.5, 0.6) is 0 Å². The van der Waals surface area contributed by atoms with Gasteiger partial charge in [-0.05, 0) is 103 Å². The summed E-state index contributed by atoms with van der Waals surface area (Å²) < 4.78 is 0. The third kappa shape index (κ3) is 5.16. The van der Waals surface area contributed by atoms with Gasteiger partial charge in [-0.25, -0.2) is 0 Å². The van der Waals surface area contributed by atoms with Crippen molar-refractivity contribution >= 4 is 38.6 Å². The highest BCUT2D eigenvalue weighted by atomic mass is 15.1. The van der Waals surface area contributed by atoms with Crippen molar-refractivity contribution in [1.82, 2.24) is 0 Å². The zero-order valence-corrected chi connectivity index (χ0v) is 30.5. The van der Waals surface area contributed by atoms with E-state index >= 15 is 0 Å². The molecule has 256 valence electrons. The molecule has 0 radical (unpaired) electrons. The molecule has 0 saturated carbocycles. The summed E-state index contributed by atoms with van der Waals surface area (Å²) in [5.74, 6) is 0. The largest absolute Gasteiger partial charge is 0.309 e. The van der Waals surface area contributed by atoms with E-state index in [2.05, 4.69) is 219 Å². The molecule has 54 heavy (non-hydrogen) atoms. The molecular formula is C53H39N. The Morgan fingerprint density at radius 1 is 0.333 bits per heavy atom. The Morgan fingerprint density at radius 3 is 1.48 bits per heavy atom. The fraction of sp³-hybridized carbons (Fsp3) is 0.0566. The second kappa shape index (κ2) is 12.8. The molecule has 9 aromatic rings. The summed E-state index contributed by atoms with van der Waals surface area (Å²) in [4.78, 5) is 2.51. The van der Waals surface area contributed by atoms with Gasteiger partial charge in [0.1, 0.15) is 0 Å². The molecule has 0 bridgehead atoms. The predicted molar refractivity (Wildman–Crippen MR) is 230 cm³/mol. The highest BCUT2D eigenvalue weighted by molar-refractivity contribution is 6.22. The number of nitrogens with zero attached hydrogens (tertiary/aromatic N) is 1. The Morgan fingerprint density at radius 2 is 0.815 bits per heavy atom. The van der Waals surface area contributed by atoms with Gasteiger partial charge in [0.15, 0.2) is 0 Å². The SMILES string of the molecule is CC1(C)c2cc(-c3ccccc3)ccc2-c2ccc(N(c3ccccc3)c3c(-c4cccc(-c5ccccc5)c4)c4ccccc4c4ccccc34)cc21. The van der Waals surface area contributed by atoms with E-state index in [0.717, 1.165) is 11.4 Å². The molecule has 0 aliphatic heterocycles. The standard InChI is InChI=1S/C53H39N/c1-53(2)49-34-39(37-19-8-4-9-20-37)29-31-45(49)46-32-30-42(35-50(46)53)54(41-23-10-5-11-24-41)52-48-28-15-13-26-44(48)43-25-12-14-27-47(43)51(52)40-22-16-21-38(33-40)36-17-6-3-7-18-36/h3-35H,1-2H3. The number of benzene rings is 9. The van der Waals surface area contributed by atoms with Crippen molar-refractivity contribution in [3.05, 3.63) is 211 Å². The molecule has 0 amide bonds. The van der Waals surface area contributed by atoms with Crippen LogP contribution in [0.15, 0.2) is 200 Å². The highest BCUT2D eigenvalue weighted by Crippen LogP contribution is 2.54. The smallest absolute Gasteiger partial charge is 0.0624 e. The average molecular weight is 690 g/mol. The van der Waals surface area contributed by atoms with Crippen molar-refractivity contribution in [2.45, 2.75) is 19.3 Å². The third-order valence-corrected chi connectivity index (χ3v) is 11.4. The predicted octanol–water partition coefficient (Wildman–Crippen LogP) is 14.8. The number of fused-ring (bicyclic) bond motifs is 6. The third-order valence-electron chi connectivity index (χ3n) is 11.4. The molecule has 0 heterocycles. The number of hydrogen-bond donors (Lipinski definition) is 0. The van der Waals surface area contributed by atoms with Crippen LogP contribution in [0.3, 0.4) is 0 Å². The maximum Gasteiger partial charge on any atom is 0.0624 e. The van der Waals surface area contributed by atoms with E-state index in [4.69, 9.17) is 0 Å². The number of anilines is 3. The first-order valence-electron chi connectivity index (χ1n) is 18.9. The van der Waals surface area contributed by atoms with Crippen LogP contribution in [0.25, 0.3) is 66.1 Å². The summed E-state index contributed by atoms with van der Waals surface area (Å²) in [6.07, 6.45) is 0. The van der Waals surface area contributed by atoms with E-state index in [0.29, 0.717) is 0 Å². The number of rotatable bonds is 6. The molecule has 1 nitrogen and oxygen atoms in total. The molecule has 0 aromatic heterocycles. The number of hydrogen-bond acceptors (Lipinski definition) is 1. The zero-order chi connectivity index (χ0) is 36.2. The first kappa shape index (κ1) is 32.0. The lowest BCUT2D eigenvalue weighted by atomic mass is 9.81. The zero-order valence-electron chi connectivity index (χ0n) is 30.5. The van der Waals surface area contributed by atoms with Crippen molar-refractivity contribution in [2.75, 3.05) is 4.90 Å². The van der Waals surface area contributed by atoms with Gasteiger partial charge in [-0.15, -0.1) is 0 Å². The molecule has 1 aliphatic carbocycles. The Bertz CT molecular complexity index is 2830. The van der Waals surface area contributed by atoms with E-state index in [9.17, 15) is 0 Å². The van der Waals surface area contributed by atoms with Gasteiger partial charge >= 0.3 is 0 Å². The van der Waals surface area contributed by atoms with E-state index in [1.54, 1.807) is 0 Å². The molecule has 0 fully saturated rings. The van der Waals surface area contributed by atoms with Crippen molar-refractivity contribution < 1.29 is 0 Å². The molecule has 0 unspecified atom stereocenters. The minimum atomic E-state index is -0.188. The summed E-state index contributed by atoms with van der Waals surface area (Å²) >= 11 is 0. The number of para-hydroxylation sites is 1. The van der Waals surface area contributed by atoms with Crippen LogP contribution in [0, 0.1) is 0 Å². The van der Waals surface area contributed by atoms with Crippen LogP contribution < -0.4 is 4.90 Å². The second-order valence-corrected chi connectivity index (χ2v) is 14.9. The molecule has 0 atom stereocenters. The summed E-state index contributed by atoms with van der Waals surface area (Å²) in [6.45, 7) is 4.77. The summed E-state index contributed by atoms with van der Waals surface area (Å²) in [5.41, 5.74) is 15.9. The Labute approximate surface area is 317 Å². The van der Waals surface area contributed by atoms with Crippen molar-refractivity contribution in [2.24, 2.45) is 0 Å². The molecule has 1 aliphatic rings. The molecule has 0 saturated heterocycles. The van der Waals surface area contributed by atoms with Crippen molar-refractivity contribution in [3.63, 3.8) is 0 Å². The molecule has 10 rings (SSSR count). The van der Waals surface area contributed by atoms with E-state index in [1.165, 1.54) is 82.9 Å². The average Bonchev–Trinajstić information content (AvgIpc) is 3.46. The highest BCUT2D eigenvalue weighted by Gasteiger charge is 2.36. The van der Waals surface area contributed by atoms with Gasteiger partial charge in [0.2, 0.25) is 0 Å². The van der Waals surface area contributed by atoms with Crippen molar-refractivity contribution in [3.8, 4) is 44.5 Å². The molecule has 1 heteroatoms. The van der Waals surface area contributed by atoms with Gasteiger partial charge in [0.25, 0.3) is 0 Å². The first-order valence-corrected chi connectivity index (χ1v) is 18.9. The normalized spacial score (nSPS) is 12.8. The molecule has 0 N–H and O–H groups in total. The topological polar surface area (TPSA) is 3.24 Å². The van der Waals surface area contributed by atoms with E-state index in [-0.39, 0.29) is 5.41 Å². The monoisotopic (exact) mass is 689 g/mol. The Hall–Kier alpha value is -6.70. The van der Waals surface area contributed by atoms with Gasteiger partial charge in [-0.1, -0.05) is 178 Å². The van der Waals surface area contributed by atoms with Crippen LogP contribution in [0.4, 0.5) is 17.1 Å². The van der Waals surface area contributed by atoms with Crippen LogP contribution in [-0.2, 0) is 5.41 Å². The second-order valence-electron chi connectivity index (χ2n) is 14.9. The van der Waals surface area contributed by atoms with Gasteiger partial charge in [-0.2, -0.15) is 0 Å². The minimum absolute atomic E-state index is 0.188. The van der Waals surface area contributed by atoms with Gasteiger partial charge in [0, 0.05) is 27.7 Å². The Balaban J connectivity index is 1.24. The lowest BCUT2D eigenvalue weighted by Gasteiger charge is -2.32. The van der Waals surface area contributed by atoms with Crippen LogP contribution in [0.1, 0.15) is 25.0 Å². The molecule has 0 spiro atoms. The quantitative estimate of drug-likeness (QED) is 0.157.